The molecule has 0 spiro atoms. The molecule has 1 saturated carbocycles. The SMILES string of the molecule is CCOc1ccc([C@@H]2[C@H]3CN(C)CC=C3[C@@H](C#N)C(=N)C2(C#N)C#N)cc1OCC. The first kappa shape index (κ1) is 21.4. The van der Waals surface area contributed by atoms with Crippen LogP contribution in [0.2, 0.25) is 0 Å². The fourth-order valence-electron chi connectivity index (χ4n) is 4.59. The van der Waals surface area contributed by atoms with Gasteiger partial charge in [-0.15, -0.1) is 0 Å². The predicted molar refractivity (Wildman–Crippen MR) is 111 cm³/mol. The maximum Gasteiger partial charge on any atom is 0.189 e. The minimum Gasteiger partial charge on any atom is -0.490 e. The molecule has 1 N–H and O–H groups in total. The topological polar surface area (TPSA) is 117 Å². The van der Waals surface area contributed by atoms with Crippen molar-refractivity contribution in [3.05, 3.63) is 35.4 Å². The number of likely N-dealkylation sites (N-methyl/N-ethyl adjacent to an activating group) is 1. The highest BCUT2D eigenvalue weighted by molar-refractivity contribution is 6.00. The molecule has 154 valence electrons. The second kappa shape index (κ2) is 8.57. The largest absolute Gasteiger partial charge is 0.490 e. The van der Waals surface area contributed by atoms with Crippen molar-refractivity contribution >= 4 is 5.71 Å². The van der Waals surface area contributed by atoms with E-state index in [1.54, 1.807) is 6.07 Å². The van der Waals surface area contributed by atoms with E-state index in [-0.39, 0.29) is 11.6 Å². The molecule has 3 atom stereocenters. The van der Waals surface area contributed by atoms with E-state index in [1.807, 2.05) is 39.1 Å². The lowest BCUT2D eigenvalue weighted by Gasteiger charge is -2.47. The van der Waals surface area contributed by atoms with Crippen molar-refractivity contribution in [3.63, 3.8) is 0 Å². The number of nitrogens with zero attached hydrogens (tertiary/aromatic N) is 4. The molecule has 0 saturated heterocycles. The number of rotatable bonds is 5. The molecule has 7 heteroatoms. The number of fused-ring (bicyclic) bond motifs is 1. The molecular weight excluding hydrogens is 378 g/mol. The molecule has 1 aromatic carbocycles. The predicted octanol–water partition coefficient (Wildman–Crippen LogP) is 3.26. The van der Waals surface area contributed by atoms with Gasteiger partial charge in [0.05, 0.1) is 37.1 Å². The molecule has 1 heterocycles. The quantitative estimate of drug-likeness (QED) is 0.754. The van der Waals surface area contributed by atoms with Gasteiger partial charge in [0.1, 0.15) is 5.92 Å². The van der Waals surface area contributed by atoms with E-state index in [0.717, 1.165) is 11.1 Å². The Morgan fingerprint density at radius 2 is 1.80 bits per heavy atom. The number of nitrogens with one attached hydrogen (secondary N) is 1. The Balaban J connectivity index is 2.23. The lowest BCUT2D eigenvalue weighted by molar-refractivity contribution is 0.234. The summed E-state index contributed by atoms with van der Waals surface area (Å²) in [5, 5.41) is 38.7. The summed E-state index contributed by atoms with van der Waals surface area (Å²) in [7, 11) is 1.97. The average molecular weight is 403 g/mol. The van der Waals surface area contributed by atoms with Crippen LogP contribution in [0.15, 0.2) is 29.8 Å². The van der Waals surface area contributed by atoms with Crippen LogP contribution in [0.3, 0.4) is 0 Å². The Kier molecular flexibility index (Phi) is 6.11. The molecule has 2 aliphatic rings. The Hall–Kier alpha value is -3.34. The smallest absolute Gasteiger partial charge is 0.189 e. The zero-order valence-corrected chi connectivity index (χ0v) is 17.5. The van der Waals surface area contributed by atoms with Crippen LogP contribution in [0.25, 0.3) is 0 Å². The van der Waals surface area contributed by atoms with Crippen LogP contribution in [0.4, 0.5) is 0 Å². The number of hydrogen-bond donors (Lipinski definition) is 1. The summed E-state index contributed by atoms with van der Waals surface area (Å²) in [6.07, 6.45) is 1.97. The van der Waals surface area contributed by atoms with Gasteiger partial charge in [0.2, 0.25) is 0 Å². The highest BCUT2D eigenvalue weighted by Crippen LogP contribution is 2.54. The van der Waals surface area contributed by atoms with Gasteiger partial charge in [0, 0.05) is 24.9 Å². The molecule has 30 heavy (non-hydrogen) atoms. The van der Waals surface area contributed by atoms with Crippen molar-refractivity contribution in [2.75, 3.05) is 33.4 Å². The minimum absolute atomic E-state index is 0.140. The Morgan fingerprint density at radius 1 is 1.13 bits per heavy atom. The van der Waals surface area contributed by atoms with Gasteiger partial charge in [0.25, 0.3) is 0 Å². The van der Waals surface area contributed by atoms with Crippen LogP contribution in [-0.2, 0) is 0 Å². The van der Waals surface area contributed by atoms with Crippen molar-refractivity contribution < 1.29 is 9.47 Å². The summed E-state index contributed by atoms with van der Waals surface area (Å²) in [6.45, 7) is 5.97. The molecule has 7 nitrogen and oxygen atoms in total. The van der Waals surface area contributed by atoms with E-state index in [0.29, 0.717) is 37.8 Å². The molecule has 0 bridgehead atoms. The molecular formula is C23H25N5O2. The Labute approximate surface area is 177 Å². The number of ether oxygens (including phenoxy) is 2. The third-order valence-electron chi connectivity index (χ3n) is 5.90. The maximum atomic E-state index is 10.1. The standard InChI is InChI=1S/C23H25N5O2/c1-4-29-19-7-6-15(10-20(19)30-5-2)21-18-12-28(3)9-8-16(18)17(11-24)22(27)23(21,13-25)14-26/h6-8,10,17-18,21,27H,4-5,9,12H2,1-3H3/t17-,18+,21-/m1/s1. The molecule has 1 aliphatic carbocycles. The van der Waals surface area contributed by atoms with Gasteiger partial charge in [-0.05, 0) is 44.2 Å². The molecule has 1 aromatic rings. The van der Waals surface area contributed by atoms with Crippen molar-refractivity contribution in [2.45, 2.75) is 19.8 Å². The van der Waals surface area contributed by atoms with Crippen LogP contribution in [0, 0.1) is 56.7 Å². The van der Waals surface area contributed by atoms with Gasteiger partial charge in [-0.2, -0.15) is 15.8 Å². The highest BCUT2D eigenvalue weighted by atomic mass is 16.5. The van der Waals surface area contributed by atoms with Gasteiger partial charge < -0.3 is 19.8 Å². The van der Waals surface area contributed by atoms with Gasteiger partial charge in [0.15, 0.2) is 16.9 Å². The van der Waals surface area contributed by atoms with Crippen LogP contribution in [0.1, 0.15) is 25.3 Å². The fraction of sp³-hybridized carbons (Fsp3) is 0.478. The molecule has 0 unspecified atom stereocenters. The third kappa shape index (κ3) is 3.30. The van der Waals surface area contributed by atoms with Crippen LogP contribution in [-0.4, -0.2) is 44.0 Å². The van der Waals surface area contributed by atoms with Crippen molar-refractivity contribution in [1.29, 1.82) is 21.2 Å². The minimum atomic E-state index is -1.73. The fourth-order valence-corrected chi connectivity index (χ4v) is 4.59. The second-order valence-corrected chi connectivity index (χ2v) is 7.59. The molecule has 3 rings (SSSR count). The molecule has 0 amide bonds. The number of nitriles is 3. The monoisotopic (exact) mass is 403 g/mol. The molecule has 0 aromatic heterocycles. The zero-order chi connectivity index (χ0) is 21.9. The Bertz CT molecular complexity index is 980. The van der Waals surface area contributed by atoms with E-state index in [9.17, 15) is 15.8 Å². The van der Waals surface area contributed by atoms with Crippen molar-refractivity contribution in [2.24, 2.45) is 17.3 Å². The summed E-state index contributed by atoms with van der Waals surface area (Å²) in [4.78, 5) is 2.10. The van der Waals surface area contributed by atoms with E-state index in [4.69, 9.17) is 14.9 Å². The first-order valence-corrected chi connectivity index (χ1v) is 10.1. The van der Waals surface area contributed by atoms with Crippen LogP contribution in [0.5, 0.6) is 11.5 Å². The third-order valence-corrected chi connectivity index (χ3v) is 5.90. The van der Waals surface area contributed by atoms with E-state index >= 15 is 0 Å². The number of hydrogen-bond acceptors (Lipinski definition) is 7. The van der Waals surface area contributed by atoms with Gasteiger partial charge in [-0.25, -0.2) is 0 Å². The van der Waals surface area contributed by atoms with E-state index < -0.39 is 17.3 Å². The summed E-state index contributed by atoms with van der Waals surface area (Å²) < 4.78 is 11.4. The molecule has 1 fully saturated rings. The van der Waals surface area contributed by atoms with E-state index in [1.165, 1.54) is 0 Å². The van der Waals surface area contributed by atoms with E-state index in [2.05, 4.69) is 23.1 Å². The lowest BCUT2D eigenvalue weighted by Crippen LogP contribution is -2.52. The highest BCUT2D eigenvalue weighted by Gasteiger charge is 2.57. The van der Waals surface area contributed by atoms with Gasteiger partial charge in [-0.1, -0.05) is 12.1 Å². The van der Waals surface area contributed by atoms with Gasteiger partial charge >= 0.3 is 0 Å². The second-order valence-electron chi connectivity index (χ2n) is 7.59. The van der Waals surface area contributed by atoms with Crippen molar-refractivity contribution in [1.82, 2.24) is 4.90 Å². The van der Waals surface area contributed by atoms with Gasteiger partial charge in [-0.3, -0.25) is 0 Å². The maximum absolute atomic E-state index is 10.1. The van der Waals surface area contributed by atoms with Crippen molar-refractivity contribution in [3.8, 4) is 29.7 Å². The number of benzene rings is 1. The first-order valence-electron chi connectivity index (χ1n) is 10.1. The molecule has 0 radical (unpaired) electrons. The summed E-state index contributed by atoms with van der Waals surface area (Å²) in [6, 6.07) is 11.8. The molecule has 1 aliphatic heterocycles. The zero-order valence-electron chi connectivity index (χ0n) is 17.5. The summed E-state index contributed by atoms with van der Waals surface area (Å²) in [5.74, 6) is -0.527. The van der Waals surface area contributed by atoms with Crippen LogP contribution < -0.4 is 9.47 Å². The Morgan fingerprint density at radius 3 is 2.40 bits per heavy atom. The summed E-state index contributed by atoms with van der Waals surface area (Å²) >= 11 is 0. The normalized spacial score (nSPS) is 25.1. The van der Waals surface area contributed by atoms with Crippen LogP contribution >= 0.6 is 0 Å². The summed E-state index contributed by atoms with van der Waals surface area (Å²) in [5.41, 5.74) is -0.299. The lowest BCUT2D eigenvalue weighted by atomic mass is 9.54. The average Bonchev–Trinajstić information content (AvgIpc) is 2.75. The first-order chi connectivity index (χ1) is 14.5.